The number of carbonyl (C=O) groups is 1. The van der Waals surface area contributed by atoms with Crippen molar-refractivity contribution >= 4 is 6.03 Å². The van der Waals surface area contributed by atoms with E-state index in [-0.39, 0.29) is 25.2 Å². The smallest absolute Gasteiger partial charge is 0.315 e. The van der Waals surface area contributed by atoms with Crippen molar-refractivity contribution in [1.82, 2.24) is 10.6 Å². The van der Waals surface area contributed by atoms with E-state index < -0.39 is 0 Å². The highest BCUT2D eigenvalue weighted by molar-refractivity contribution is 5.74. The van der Waals surface area contributed by atoms with Crippen LogP contribution in [0.4, 0.5) is 4.79 Å². The van der Waals surface area contributed by atoms with Crippen molar-refractivity contribution < 1.29 is 9.90 Å². The van der Waals surface area contributed by atoms with Crippen molar-refractivity contribution in [1.29, 1.82) is 0 Å². The summed E-state index contributed by atoms with van der Waals surface area (Å²) in [7, 11) is 0. The number of aliphatic hydroxyl groups excluding tert-OH is 1. The Morgan fingerprint density at radius 1 is 1.30 bits per heavy atom. The van der Waals surface area contributed by atoms with Crippen LogP contribution < -0.4 is 10.6 Å². The van der Waals surface area contributed by atoms with E-state index in [2.05, 4.69) is 22.5 Å². The van der Waals surface area contributed by atoms with Gasteiger partial charge in [-0.25, -0.2) is 4.79 Å². The summed E-state index contributed by atoms with van der Waals surface area (Å²) in [4.78, 5) is 11.6. The third kappa shape index (κ3) is 6.81. The van der Waals surface area contributed by atoms with E-state index in [9.17, 15) is 9.90 Å². The average molecular weight is 274 g/mol. The van der Waals surface area contributed by atoms with Gasteiger partial charge in [-0.1, -0.05) is 43.9 Å². The number of urea groups is 1. The van der Waals surface area contributed by atoms with Gasteiger partial charge in [0.05, 0.1) is 19.2 Å². The van der Waals surface area contributed by atoms with Crippen LogP contribution >= 0.6 is 0 Å². The number of amides is 2. The minimum absolute atomic E-state index is 0.0543. The number of rotatable bonds is 5. The van der Waals surface area contributed by atoms with Gasteiger partial charge in [0.1, 0.15) is 0 Å². The Labute approximate surface area is 120 Å². The van der Waals surface area contributed by atoms with Gasteiger partial charge in [-0.3, -0.25) is 0 Å². The Balaban J connectivity index is 2.31. The molecule has 1 aromatic carbocycles. The van der Waals surface area contributed by atoms with Gasteiger partial charge in [0.25, 0.3) is 0 Å². The molecule has 0 saturated carbocycles. The first kappa shape index (κ1) is 16.1. The van der Waals surface area contributed by atoms with Gasteiger partial charge in [-0.05, 0) is 24.5 Å². The molecule has 0 aliphatic rings. The largest absolute Gasteiger partial charge is 0.394 e. The number of hydrogen-bond donors (Lipinski definition) is 3. The highest BCUT2D eigenvalue weighted by Crippen LogP contribution is 2.03. The minimum Gasteiger partial charge on any atom is -0.394 e. The number of hydrogen-bond acceptors (Lipinski definition) is 2. The summed E-state index contributed by atoms with van der Waals surface area (Å²) in [6.07, 6.45) is 0.750. The summed E-state index contributed by atoms with van der Waals surface area (Å²) in [5.74, 6) is 6.26. The molecule has 0 radical (unpaired) electrons. The maximum atomic E-state index is 11.6. The summed E-state index contributed by atoms with van der Waals surface area (Å²) in [5.41, 5.74) is 0.919. The summed E-state index contributed by atoms with van der Waals surface area (Å²) < 4.78 is 0. The van der Waals surface area contributed by atoms with Crippen LogP contribution in [0.5, 0.6) is 0 Å². The van der Waals surface area contributed by atoms with E-state index in [0.717, 1.165) is 12.0 Å². The van der Waals surface area contributed by atoms with Crippen LogP contribution in [0.15, 0.2) is 30.3 Å². The molecule has 0 spiro atoms. The monoisotopic (exact) mass is 274 g/mol. The molecule has 0 bridgehead atoms. The lowest BCUT2D eigenvalue weighted by Gasteiger charge is -2.18. The van der Waals surface area contributed by atoms with Gasteiger partial charge in [0.2, 0.25) is 0 Å². The van der Waals surface area contributed by atoms with Crippen molar-refractivity contribution in [3.05, 3.63) is 35.9 Å². The fraction of sp³-hybridized carbons (Fsp3) is 0.438. The second-order valence-corrected chi connectivity index (χ2v) is 5.00. The zero-order valence-corrected chi connectivity index (χ0v) is 12.0. The van der Waals surface area contributed by atoms with Crippen LogP contribution in [-0.4, -0.2) is 30.3 Å². The summed E-state index contributed by atoms with van der Waals surface area (Å²) in [6.45, 7) is 4.32. The molecule has 1 atom stereocenters. The first-order valence-corrected chi connectivity index (χ1v) is 6.81. The molecule has 3 N–H and O–H groups in total. The van der Waals surface area contributed by atoms with Crippen molar-refractivity contribution in [3.8, 4) is 11.8 Å². The molecule has 0 aliphatic heterocycles. The van der Waals surface area contributed by atoms with Crippen LogP contribution in [0, 0.1) is 17.8 Å². The van der Waals surface area contributed by atoms with Crippen LogP contribution in [0.3, 0.4) is 0 Å². The zero-order chi connectivity index (χ0) is 14.8. The molecule has 0 aromatic heterocycles. The van der Waals surface area contributed by atoms with E-state index in [0.29, 0.717) is 5.92 Å². The Morgan fingerprint density at radius 3 is 2.60 bits per heavy atom. The number of nitrogens with one attached hydrogen (secondary N) is 2. The topological polar surface area (TPSA) is 61.4 Å². The fourth-order valence-electron chi connectivity index (χ4n) is 1.78. The molecule has 1 rings (SSSR count). The first-order chi connectivity index (χ1) is 9.61. The minimum atomic E-state index is -0.299. The van der Waals surface area contributed by atoms with Crippen LogP contribution in [0.1, 0.15) is 25.8 Å². The third-order valence-electron chi connectivity index (χ3n) is 2.66. The predicted octanol–water partition coefficient (Wildman–Crippen LogP) is 1.74. The molecule has 0 heterocycles. The van der Waals surface area contributed by atoms with Gasteiger partial charge in [0.15, 0.2) is 0 Å². The number of aliphatic hydroxyl groups is 1. The Morgan fingerprint density at radius 2 is 2.00 bits per heavy atom. The van der Waals surface area contributed by atoms with E-state index >= 15 is 0 Å². The van der Waals surface area contributed by atoms with Crippen LogP contribution in [0.2, 0.25) is 0 Å². The molecule has 0 aliphatic carbocycles. The summed E-state index contributed by atoms with van der Waals surface area (Å²) in [6, 6.07) is 9.09. The molecule has 2 amide bonds. The third-order valence-corrected chi connectivity index (χ3v) is 2.66. The molecule has 0 fully saturated rings. The molecule has 0 saturated heterocycles. The van der Waals surface area contributed by atoms with Gasteiger partial charge in [-0.2, -0.15) is 0 Å². The molecule has 1 aromatic rings. The SMILES string of the molecule is CC(C)CC(CO)NC(=O)NCC#Cc1ccccc1. The van der Waals surface area contributed by atoms with Crippen molar-refractivity contribution in [2.75, 3.05) is 13.2 Å². The second-order valence-electron chi connectivity index (χ2n) is 5.00. The van der Waals surface area contributed by atoms with Gasteiger partial charge >= 0.3 is 6.03 Å². The van der Waals surface area contributed by atoms with Gasteiger partial charge in [0, 0.05) is 5.56 Å². The Kier molecular flexibility index (Phi) is 7.23. The van der Waals surface area contributed by atoms with E-state index in [4.69, 9.17) is 0 Å². The Bertz CT molecular complexity index is 460. The number of benzene rings is 1. The van der Waals surface area contributed by atoms with Crippen LogP contribution in [0.25, 0.3) is 0 Å². The normalized spacial score (nSPS) is 11.4. The lowest BCUT2D eigenvalue weighted by atomic mass is 10.0. The quantitative estimate of drug-likeness (QED) is 0.716. The van der Waals surface area contributed by atoms with Crippen molar-refractivity contribution in [2.45, 2.75) is 26.3 Å². The zero-order valence-electron chi connectivity index (χ0n) is 12.0. The Hall–Kier alpha value is -1.99. The fourth-order valence-corrected chi connectivity index (χ4v) is 1.78. The van der Waals surface area contributed by atoms with E-state index in [1.165, 1.54) is 0 Å². The molecular weight excluding hydrogens is 252 g/mol. The van der Waals surface area contributed by atoms with Crippen LogP contribution in [-0.2, 0) is 0 Å². The second kappa shape index (κ2) is 9.00. The highest BCUT2D eigenvalue weighted by Gasteiger charge is 2.11. The first-order valence-electron chi connectivity index (χ1n) is 6.81. The molecule has 4 heteroatoms. The van der Waals surface area contributed by atoms with Crippen molar-refractivity contribution in [2.24, 2.45) is 5.92 Å². The molecule has 20 heavy (non-hydrogen) atoms. The van der Waals surface area contributed by atoms with E-state index in [1.807, 2.05) is 44.2 Å². The summed E-state index contributed by atoms with van der Waals surface area (Å²) >= 11 is 0. The molecule has 4 nitrogen and oxygen atoms in total. The predicted molar refractivity (Wildman–Crippen MR) is 80.2 cm³/mol. The lowest BCUT2D eigenvalue weighted by molar-refractivity contribution is 0.207. The van der Waals surface area contributed by atoms with Gasteiger partial charge < -0.3 is 15.7 Å². The average Bonchev–Trinajstić information content (AvgIpc) is 2.43. The van der Waals surface area contributed by atoms with Crippen molar-refractivity contribution in [3.63, 3.8) is 0 Å². The molecule has 1 unspecified atom stereocenters. The molecular formula is C16H22N2O2. The standard InChI is InChI=1S/C16H22N2O2/c1-13(2)11-15(12-19)18-16(20)17-10-6-9-14-7-4-3-5-8-14/h3-5,7-8,13,15,19H,10-12H2,1-2H3,(H2,17,18,20). The summed E-state index contributed by atoms with van der Waals surface area (Å²) in [5, 5.41) is 14.6. The highest BCUT2D eigenvalue weighted by atomic mass is 16.3. The van der Waals surface area contributed by atoms with Gasteiger partial charge in [-0.15, -0.1) is 0 Å². The number of carbonyl (C=O) groups excluding carboxylic acids is 1. The lowest BCUT2D eigenvalue weighted by Crippen LogP contribution is -2.44. The van der Waals surface area contributed by atoms with E-state index in [1.54, 1.807) is 0 Å². The maximum absolute atomic E-state index is 11.6. The molecule has 108 valence electrons. The maximum Gasteiger partial charge on any atom is 0.315 e.